The lowest BCUT2D eigenvalue weighted by Gasteiger charge is -2.15. The van der Waals surface area contributed by atoms with E-state index in [1.807, 2.05) is 6.07 Å². The van der Waals surface area contributed by atoms with Gasteiger partial charge in [-0.15, -0.1) is 5.10 Å². The van der Waals surface area contributed by atoms with Crippen molar-refractivity contribution in [3.63, 3.8) is 0 Å². The minimum atomic E-state index is -1.02. The molecule has 0 saturated heterocycles. The molecule has 10 nitrogen and oxygen atoms in total. The molecule has 0 spiro atoms. The lowest BCUT2D eigenvalue weighted by atomic mass is 10.0. The number of H-pyrrole nitrogens is 1. The van der Waals surface area contributed by atoms with Crippen LogP contribution in [0.15, 0.2) is 59.7 Å². The first-order valence-electron chi connectivity index (χ1n) is 11.7. The smallest absolute Gasteiger partial charge is 0.335 e. The van der Waals surface area contributed by atoms with Crippen LogP contribution in [0, 0.1) is 6.92 Å². The zero-order chi connectivity index (χ0) is 26.6. The number of carboxylic acids is 1. The number of nitrogens with one attached hydrogen (secondary N) is 1. The number of fused-ring (bicyclic) bond motifs is 1. The van der Waals surface area contributed by atoms with E-state index in [-0.39, 0.29) is 22.3 Å². The van der Waals surface area contributed by atoms with Gasteiger partial charge in [-0.1, -0.05) is 35.3 Å². The maximum Gasteiger partial charge on any atom is 0.335 e. The molecule has 1 aliphatic heterocycles. The summed E-state index contributed by atoms with van der Waals surface area (Å²) < 4.78 is 3.23. The topological polar surface area (TPSA) is 132 Å². The zero-order valence-corrected chi connectivity index (χ0v) is 21.4. The first-order chi connectivity index (χ1) is 18.3. The van der Waals surface area contributed by atoms with Gasteiger partial charge in [0.2, 0.25) is 0 Å². The summed E-state index contributed by atoms with van der Waals surface area (Å²) in [5.74, 6) is -0.483. The van der Waals surface area contributed by atoms with Crippen LogP contribution in [0.1, 0.15) is 39.9 Å². The van der Waals surface area contributed by atoms with Crippen LogP contribution in [-0.4, -0.2) is 45.8 Å². The van der Waals surface area contributed by atoms with Crippen molar-refractivity contribution in [1.82, 2.24) is 34.7 Å². The second-order valence-corrected chi connectivity index (χ2v) is 9.83. The molecule has 3 aromatic heterocycles. The number of aromatic nitrogens is 7. The average molecular weight is 548 g/mol. The number of halogens is 2. The molecule has 0 unspecified atom stereocenters. The molecule has 2 aromatic carbocycles. The third-order valence-electron chi connectivity index (χ3n) is 6.75. The number of pyridine rings is 1. The van der Waals surface area contributed by atoms with Gasteiger partial charge in [0.05, 0.1) is 23.0 Å². The monoisotopic (exact) mass is 547 g/mol. The molecular formula is C26H19Cl2N7O3. The van der Waals surface area contributed by atoms with E-state index in [0.29, 0.717) is 51.8 Å². The number of imidazole rings is 1. The molecule has 1 atom stereocenters. The van der Waals surface area contributed by atoms with Crippen LogP contribution in [-0.2, 0) is 6.42 Å². The van der Waals surface area contributed by atoms with E-state index in [1.165, 1.54) is 11.0 Å². The number of aromatic amines is 1. The number of aryl methyl sites for hydroxylation is 2. The van der Waals surface area contributed by atoms with Crippen molar-refractivity contribution in [1.29, 1.82) is 0 Å². The minimum absolute atomic E-state index is 0.187. The molecule has 0 saturated carbocycles. The van der Waals surface area contributed by atoms with Gasteiger partial charge < -0.3 is 14.7 Å². The first-order valence-corrected chi connectivity index (χ1v) is 12.4. The van der Waals surface area contributed by atoms with Gasteiger partial charge in [-0.3, -0.25) is 4.79 Å². The standard InChI is InChI=1S/C26H19Cl2N7O3/c1-13-2-3-14(9-18(13)26(37)38)23-24(28)31-25(30-23)21-7-5-17-8-15(10-22(36)35(17)21)19-11-16(27)4-6-20(19)34-12-29-32-33-34/h2-4,6,8-12,21H,5,7H2,1H3,(H,30,31)(H,37,38)/t21-/m0/s1. The fourth-order valence-corrected chi connectivity index (χ4v) is 5.37. The largest absolute Gasteiger partial charge is 0.478 e. The Bertz CT molecular complexity index is 1780. The molecule has 2 N–H and O–H groups in total. The number of benzene rings is 2. The second kappa shape index (κ2) is 9.23. The molecule has 38 heavy (non-hydrogen) atoms. The van der Waals surface area contributed by atoms with E-state index in [1.54, 1.807) is 54.0 Å². The summed E-state index contributed by atoms with van der Waals surface area (Å²) in [6.07, 6.45) is 2.77. The predicted octanol–water partition coefficient (Wildman–Crippen LogP) is 4.73. The second-order valence-electron chi connectivity index (χ2n) is 9.04. The Labute approximate surface area is 225 Å². The zero-order valence-electron chi connectivity index (χ0n) is 19.9. The highest BCUT2D eigenvalue weighted by atomic mass is 35.5. The number of hydrogen-bond donors (Lipinski definition) is 2. The fourth-order valence-electron chi connectivity index (χ4n) is 4.95. The maximum atomic E-state index is 13.4. The van der Waals surface area contributed by atoms with Gasteiger partial charge in [0.15, 0.2) is 5.15 Å². The number of carbonyl (C=O) groups is 1. The normalized spacial score (nSPS) is 14.6. The number of nitrogens with zero attached hydrogens (tertiary/aromatic N) is 6. The summed E-state index contributed by atoms with van der Waals surface area (Å²) >= 11 is 12.8. The van der Waals surface area contributed by atoms with Crippen molar-refractivity contribution in [2.45, 2.75) is 25.8 Å². The van der Waals surface area contributed by atoms with Gasteiger partial charge >= 0.3 is 5.97 Å². The van der Waals surface area contributed by atoms with Crippen molar-refractivity contribution < 1.29 is 9.90 Å². The number of carboxylic acid groups (broad SMARTS) is 1. The van der Waals surface area contributed by atoms with Crippen molar-refractivity contribution in [3.8, 4) is 28.1 Å². The number of tetrazole rings is 1. The minimum Gasteiger partial charge on any atom is -0.478 e. The highest BCUT2D eigenvalue weighted by Crippen LogP contribution is 2.36. The van der Waals surface area contributed by atoms with Gasteiger partial charge in [0.25, 0.3) is 5.56 Å². The van der Waals surface area contributed by atoms with Crippen LogP contribution in [0.25, 0.3) is 28.1 Å². The summed E-state index contributed by atoms with van der Waals surface area (Å²) in [4.78, 5) is 32.8. The quantitative estimate of drug-likeness (QED) is 0.325. The molecule has 0 fully saturated rings. The first kappa shape index (κ1) is 24.1. The SMILES string of the molecule is Cc1ccc(-c2[nH]c([C@@H]3CCc4cc(-c5cc(Cl)ccc5-n5cnnn5)cc(=O)n43)nc2Cl)cc1C(=O)O. The molecule has 190 valence electrons. The van der Waals surface area contributed by atoms with E-state index in [4.69, 9.17) is 23.2 Å². The number of hydrogen-bond acceptors (Lipinski definition) is 6. The Morgan fingerprint density at radius 2 is 1.95 bits per heavy atom. The summed E-state index contributed by atoms with van der Waals surface area (Å²) in [7, 11) is 0. The predicted molar refractivity (Wildman–Crippen MR) is 141 cm³/mol. The third-order valence-corrected chi connectivity index (χ3v) is 7.26. The van der Waals surface area contributed by atoms with Gasteiger partial charge in [0.1, 0.15) is 12.2 Å². The Morgan fingerprint density at radius 1 is 1.11 bits per heavy atom. The van der Waals surface area contributed by atoms with Crippen LogP contribution in [0.5, 0.6) is 0 Å². The molecule has 5 aromatic rings. The molecule has 1 aliphatic rings. The fraction of sp³-hybridized carbons (Fsp3) is 0.154. The van der Waals surface area contributed by atoms with Crippen LogP contribution >= 0.6 is 23.2 Å². The number of aromatic carboxylic acids is 1. The number of rotatable bonds is 5. The summed E-state index contributed by atoms with van der Waals surface area (Å²) in [6, 6.07) is 13.6. The highest BCUT2D eigenvalue weighted by Gasteiger charge is 2.29. The van der Waals surface area contributed by atoms with Crippen molar-refractivity contribution in [3.05, 3.63) is 98.0 Å². The lowest BCUT2D eigenvalue weighted by Crippen LogP contribution is -2.24. The lowest BCUT2D eigenvalue weighted by molar-refractivity contribution is 0.0696. The highest BCUT2D eigenvalue weighted by molar-refractivity contribution is 6.32. The molecular weight excluding hydrogens is 529 g/mol. The molecule has 0 aliphatic carbocycles. The Kier molecular flexibility index (Phi) is 5.85. The van der Waals surface area contributed by atoms with Crippen molar-refractivity contribution >= 4 is 29.2 Å². The molecule has 0 amide bonds. The summed E-state index contributed by atoms with van der Waals surface area (Å²) in [5, 5.41) is 21.6. The van der Waals surface area contributed by atoms with E-state index in [2.05, 4.69) is 25.5 Å². The Hall–Kier alpha value is -4.28. The van der Waals surface area contributed by atoms with Crippen LogP contribution in [0.2, 0.25) is 10.2 Å². The average Bonchev–Trinajstić information content (AvgIpc) is 3.64. The van der Waals surface area contributed by atoms with Crippen LogP contribution in [0.4, 0.5) is 0 Å². The van der Waals surface area contributed by atoms with E-state index < -0.39 is 5.97 Å². The van der Waals surface area contributed by atoms with Gasteiger partial charge in [-0.25, -0.2) is 9.78 Å². The van der Waals surface area contributed by atoms with Crippen LogP contribution in [0.3, 0.4) is 0 Å². The van der Waals surface area contributed by atoms with E-state index in [9.17, 15) is 14.7 Å². The van der Waals surface area contributed by atoms with Crippen LogP contribution < -0.4 is 5.56 Å². The Morgan fingerprint density at radius 3 is 2.71 bits per heavy atom. The molecule has 6 rings (SSSR count). The molecule has 4 heterocycles. The molecule has 12 heteroatoms. The van der Waals surface area contributed by atoms with Crippen molar-refractivity contribution in [2.75, 3.05) is 0 Å². The third kappa shape index (κ3) is 4.07. The van der Waals surface area contributed by atoms with Gasteiger partial charge in [0, 0.05) is 27.9 Å². The van der Waals surface area contributed by atoms with Gasteiger partial charge in [-0.05, 0) is 71.7 Å². The van der Waals surface area contributed by atoms with E-state index in [0.717, 1.165) is 11.3 Å². The van der Waals surface area contributed by atoms with Gasteiger partial charge in [-0.2, -0.15) is 4.68 Å². The van der Waals surface area contributed by atoms with E-state index >= 15 is 0 Å². The summed E-state index contributed by atoms with van der Waals surface area (Å²) in [6.45, 7) is 1.73. The Balaban J connectivity index is 1.40. The maximum absolute atomic E-state index is 13.4. The summed E-state index contributed by atoms with van der Waals surface area (Å²) in [5.41, 5.74) is 4.72. The molecule has 0 radical (unpaired) electrons. The van der Waals surface area contributed by atoms with Crippen molar-refractivity contribution in [2.24, 2.45) is 0 Å². The molecule has 0 bridgehead atoms.